The zero-order valence-corrected chi connectivity index (χ0v) is 13.2. The van der Waals surface area contributed by atoms with Gasteiger partial charge in [-0.05, 0) is 42.5 Å². The van der Waals surface area contributed by atoms with Crippen LogP contribution in [0, 0.1) is 5.82 Å². The zero-order chi connectivity index (χ0) is 15.2. The van der Waals surface area contributed by atoms with Crippen molar-refractivity contribution in [2.75, 3.05) is 11.9 Å². The first-order chi connectivity index (χ1) is 10.0. The van der Waals surface area contributed by atoms with Crippen molar-refractivity contribution in [3.05, 3.63) is 57.8 Å². The minimum Gasteiger partial charge on any atom is -0.493 e. The van der Waals surface area contributed by atoms with Gasteiger partial charge in [0.05, 0.1) is 23.7 Å². The number of rotatable bonds is 5. The molecule has 21 heavy (non-hydrogen) atoms. The molecule has 0 unspecified atom stereocenters. The summed E-state index contributed by atoms with van der Waals surface area (Å²) in [5.74, 6) is -0.0165. The van der Waals surface area contributed by atoms with E-state index in [2.05, 4.69) is 21.2 Å². The second-order valence-corrected chi connectivity index (χ2v) is 5.55. The summed E-state index contributed by atoms with van der Waals surface area (Å²) in [6.45, 7) is 0.200. The molecule has 2 rings (SSSR count). The van der Waals surface area contributed by atoms with Crippen molar-refractivity contribution in [1.82, 2.24) is 0 Å². The summed E-state index contributed by atoms with van der Waals surface area (Å²) in [5.41, 5.74) is 0.548. The fourth-order valence-electron chi connectivity index (χ4n) is 1.60. The Balaban J connectivity index is 1.81. The summed E-state index contributed by atoms with van der Waals surface area (Å²) in [5, 5.41) is 3.16. The molecule has 0 aromatic heterocycles. The maximum Gasteiger partial charge on any atom is 0.227 e. The maximum absolute atomic E-state index is 12.7. The Morgan fingerprint density at radius 3 is 2.62 bits per heavy atom. The van der Waals surface area contributed by atoms with E-state index < -0.39 is 0 Å². The number of anilines is 1. The van der Waals surface area contributed by atoms with E-state index in [1.807, 2.05) is 0 Å². The second kappa shape index (κ2) is 7.43. The van der Waals surface area contributed by atoms with E-state index in [0.29, 0.717) is 16.5 Å². The Hall–Kier alpha value is -1.59. The van der Waals surface area contributed by atoms with Gasteiger partial charge in [0, 0.05) is 4.47 Å². The summed E-state index contributed by atoms with van der Waals surface area (Å²) >= 11 is 9.30. The third-order valence-electron chi connectivity index (χ3n) is 2.62. The quantitative estimate of drug-likeness (QED) is 0.830. The minimum absolute atomic E-state index is 0.170. The second-order valence-electron chi connectivity index (χ2n) is 4.22. The molecule has 0 saturated carbocycles. The van der Waals surface area contributed by atoms with Gasteiger partial charge in [0.2, 0.25) is 5.91 Å². The van der Waals surface area contributed by atoms with E-state index in [0.717, 1.165) is 4.47 Å². The van der Waals surface area contributed by atoms with Gasteiger partial charge in [-0.15, -0.1) is 0 Å². The van der Waals surface area contributed by atoms with Crippen LogP contribution in [-0.4, -0.2) is 12.5 Å². The number of benzene rings is 2. The number of hydrogen-bond acceptors (Lipinski definition) is 2. The highest BCUT2D eigenvalue weighted by Gasteiger charge is 2.06. The molecule has 2 aromatic rings. The number of ether oxygens (including phenoxy) is 1. The predicted octanol–water partition coefficient (Wildman–Crippen LogP) is 4.65. The zero-order valence-electron chi connectivity index (χ0n) is 10.9. The van der Waals surface area contributed by atoms with Gasteiger partial charge in [-0.3, -0.25) is 4.79 Å². The molecule has 0 atom stereocenters. The number of carbonyl (C=O) groups excluding carboxylic acids is 1. The number of amides is 1. The number of halogens is 3. The van der Waals surface area contributed by atoms with Crippen LogP contribution in [-0.2, 0) is 4.79 Å². The van der Waals surface area contributed by atoms with Gasteiger partial charge in [0.15, 0.2) is 0 Å². The first-order valence-electron chi connectivity index (χ1n) is 6.18. The summed E-state index contributed by atoms with van der Waals surface area (Å²) in [6.07, 6.45) is 0.170. The topological polar surface area (TPSA) is 38.3 Å². The SMILES string of the molecule is O=C(CCOc1ccc(F)cc1)Nc1ccc(Br)cc1Cl. The van der Waals surface area contributed by atoms with Crippen molar-refractivity contribution < 1.29 is 13.9 Å². The van der Waals surface area contributed by atoms with E-state index in [-0.39, 0.29) is 24.8 Å². The molecule has 6 heteroatoms. The molecular weight excluding hydrogens is 361 g/mol. The maximum atomic E-state index is 12.7. The van der Waals surface area contributed by atoms with Gasteiger partial charge in [-0.1, -0.05) is 27.5 Å². The normalized spacial score (nSPS) is 10.2. The van der Waals surface area contributed by atoms with Crippen molar-refractivity contribution in [3.63, 3.8) is 0 Å². The average Bonchev–Trinajstić information content (AvgIpc) is 2.44. The molecule has 2 aromatic carbocycles. The summed E-state index contributed by atoms with van der Waals surface area (Å²) in [4.78, 5) is 11.8. The molecule has 0 aliphatic rings. The van der Waals surface area contributed by atoms with Gasteiger partial charge >= 0.3 is 0 Å². The highest BCUT2D eigenvalue weighted by Crippen LogP contribution is 2.25. The third-order valence-corrected chi connectivity index (χ3v) is 3.42. The molecule has 1 amide bonds. The molecule has 0 fully saturated rings. The lowest BCUT2D eigenvalue weighted by Gasteiger charge is -2.08. The molecule has 0 radical (unpaired) electrons. The summed E-state index contributed by atoms with van der Waals surface area (Å²) in [7, 11) is 0. The van der Waals surface area contributed by atoms with Crippen LogP contribution in [0.4, 0.5) is 10.1 Å². The molecule has 110 valence electrons. The smallest absolute Gasteiger partial charge is 0.227 e. The molecular formula is C15H12BrClFNO2. The fourth-order valence-corrected chi connectivity index (χ4v) is 2.32. The van der Waals surface area contributed by atoms with E-state index in [1.54, 1.807) is 18.2 Å². The fraction of sp³-hybridized carbons (Fsp3) is 0.133. The van der Waals surface area contributed by atoms with Crippen molar-refractivity contribution >= 4 is 39.1 Å². The van der Waals surface area contributed by atoms with Crippen LogP contribution in [0.2, 0.25) is 5.02 Å². The molecule has 0 saturated heterocycles. The van der Waals surface area contributed by atoms with Crippen LogP contribution in [0.3, 0.4) is 0 Å². The van der Waals surface area contributed by atoms with E-state index in [1.165, 1.54) is 24.3 Å². The lowest BCUT2D eigenvalue weighted by atomic mass is 10.3. The lowest BCUT2D eigenvalue weighted by molar-refractivity contribution is -0.116. The number of carbonyl (C=O) groups is 1. The molecule has 0 aliphatic heterocycles. The van der Waals surface area contributed by atoms with E-state index in [9.17, 15) is 9.18 Å². The first kappa shape index (κ1) is 15.8. The third kappa shape index (κ3) is 5.02. The van der Waals surface area contributed by atoms with Crippen LogP contribution in [0.1, 0.15) is 6.42 Å². The molecule has 3 nitrogen and oxygen atoms in total. The summed E-state index contributed by atoms with van der Waals surface area (Å²) < 4.78 is 18.9. The van der Waals surface area contributed by atoms with Gasteiger partial charge in [0.1, 0.15) is 11.6 Å². The standard InChI is InChI=1S/C15H12BrClFNO2/c16-10-1-6-14(13(17)9-10)19-15(20)7-8-21-12-4-2-11(18)3-5-12/h1-6,9H,7-8H2,(H,19,20). The Labute approximate surface area is 135 Å². The lowest BCUT2D eigenvalue weighted by Crippen LogP contribution is -2.15. The molecule has 0 spiro atoms. The Morgan fingerprint density at radius 1 is 1.24 bits per heavy atom. The van der Waals surface area contributed by atoms with Gasteiger partial charge in [-0.25, -0.2) is 4.39 Å². The number of nitrogens with one attached hydrogen (secondary N) is 1. The van der Waals surface area contributed by atoms with Crippen LogP contribution in [0.15, 0.2) is 46.9 Å². The molecule has 1 N–H and O–H groups in total. The van der Waals surface area contributed by atoms with Crippen molar-refractivity contribution in [2.24, 2.45) is 0 Å². The highest BCUT2D eigenvalue weighted by molar-refractivity contribution is 9.10. The van der Waals surface area contributed by atoms with E-state index in [4.69, 9.17) is 16.3 Å². The van der Waals surface area contributed by atoms with Crippen LogP contribution in [0.25, 0.3) is 0 Å². The highest BCUT2D eigenvalue weighted by atomic mass is 79.9. The van der Waals surface area contributed by atoms with Crippen molar-refractivity contribution in [3.8, 4) is 5.75 Å². The number of hydrogen-bond donors (Lipinski definition) is 1. The van der Waals surface area contributed by atoms with Gasteiger partial charge in [0.25, 0.3) is 0 Å². The Kier molecular flexibility index (Phi) is 5.59. The largest absolute Gasteiger partial charge is 0.493 e. The molecule has 0 bridgehead atoms. The van der Waals surface area contributed by atoms with Crippen molar-refractivity contribution in [1.29, 1.82) is 0 Å². The van der Waals surface area contributed by atoms with Crippen molar-refractivity contribution in [2.45, 2.75) is 6.42 Å². The molecule has 0 aliphatic carbocycles. The minimum atomic E-state index is -0.329. The molecule has 0 heterocycles. The Bertz CT molecular complexity index is 634. The predicted molar refractivity (Wildman–Crippen MR) is 84.3 cm³/mol. The monoisotopic (exact) mass is 371 g/mol. The van der Waals surface area contributed by atoms with Crippen LogP contribution in [0.5, 0.6) is 5.75 Å². The van der Waals surface area contributed by atoms with Gasteiger partial charge < -0.3 is 10.1 Å². The van der Waals surface area contributed by atoms with E-state index >= 15 is 0 Å². The average molecular weight is 373 g/mol. The van der Waals surface area contributed by atoms with Crippen LogP contribution >= 0.6 is 27.5 Å². The van der Waals surface area contributed by atoms with Gasteiger partial charge in [-0.2, -0.15) is 0 Å². The summed E-state index contributed by atoms with van der Waals surface area (Å²) in [6, 6.07) is 10.8. The first-order valence-corrected chi connectivity index (χ1v) is 7.35. The van der Waals surface area contributed by atoms with Crippen LogP contribution < -0.4 is 10.1 Å². The Morgan fingerprint density at radius 2 is 1.95 bits per heavy atom.